The molecule has 0 aliphatic carbocycles. The number of aromatic nitrogens is 3. The van der Waals surface area contributed by atoms with Crippen LogP contribution in [0.25, 0.3) is 16.7 Å². The standard InChI is InChI=1S/C24H24N4O3S/c1-3-4-5-16-12-15(2)13-22(23(16)29)28-26-20-11-10-19(14-21(20)27-28)32-18-8-6-17(7-9-18)25-24(30)31/h6-14,25,29H,3-5H2,1-2H3,(H,30,31). The van der Waals surface area contributed by atoms with Gasteiger partial charge in [-0.1, -0.05) is 31.2 Å². The molecule has 7 nitrogen and oxygen atoms in total. The van der Waals surface area contributed by atoms with Crippen LogP contribution in [-0.4, -0.2) is 31.3 Å². The van der Waals surface area contributed by atoms with E-state index in [1.807, 2.05) is 49.4 Å². The Morgan fingerprint density at radius 1 is 1.03 bits per heavy atom. The van der Waals surface area contributed by atoms with Crippen molar-refractivity contribution in [2.75, 3.05) is 5.32 Å². The maximum Gasteiger partial charge on any atom is 0.409 e. The minimum Gasteiger partial charge on any atom is -0.505 e. The molecule has 0 saturated heterocycles. The number of carbonyl (C=O) groups is 1. The lowest BCUT2D eigenvalue weighted by Gasteiger charge is -2.10. The number of amides is 1. The summed E-state index contributed by atoms with van der Waals surface area (Å²) in [4.78, 5) is 14.2. The van der Waals surface area contributed by atoms with Gasteiger partial charge in [-0.3, -0.25) is 5.32 Å². The summed E-state index contributed by atoms with van der Waals surface area (Å²) in [6, 6.07) is 16.9. The smallest absolute Gasteiger partial charge is 0.409 e. The highest BCUT2D eigenvalue weighted by molar-refractivity contribution is 7.99. The first kappa shape index (κ1) is 21.7. The van der Waals surface area contributed by atoms with Gasteiger partial charge in [-0.25, -0.2) is 4.79 Å². The molecule has 164 valence electrons. The fourth-order valence-electron chi connectivity index (χ4n) is 3.48. The van der Waals surface area contributed by atoms with Crippen LogP contribution < -0.4 is 5.32 Å². The van der Waals surface area contributed by atoms with Crippen molar-refractivity contribution >= 4 is 34.6 Å². The second-order valence-electron chi connectivity index (χ2n) is 7.59. The molecule has 0 aliphatic rings. The largest absolute Gasteiger partial charge is 0.505 e. The quantitative estimate of drug-likeness (QED) is 0.320. The van der Waals surface area contributed by atoms with Gasteiger partial charge < -0.3 is 10.2 Å². The third-order valence-corrected chi connectivity index (χ3v) is 6.02. The molecule has 4 aromatic rings. The molecule has 1 heterocycles. The van der Waals surface area contributed by atoms with E-state index in [9.17, 15) is 9.90 Å². The Kier molecular flexibility index (Phi) is 6.32. The maximum atomic E-state index is 10.8. The van der Waals surface area contributed by atoms with Crippen LogP contribution in [0.1, 0.15) is 30.9 Å². The van der Waals surface area contributed by atoms with Crippen molar-refractivity contribution in [2.24, 2.45) is 0 Å². The lowest BCUT2D eigenvalue weighted by atomic mass is 10.0. The van der Waals surface area contributed by atoms with E-state index in [0.29, 0.717) is 11.4 Å². The number of benzene rings is 3. The zero-order valence-corrected chi connectivity index (χ0v) is 18.7. The first-order valence-corrected chi connectivity index (χ1v) is 11.2. The normalized spacial score (nSPS) is 11.1. The van der Waals surface area contributed by atoms with Crippen LogP contribution in [0.2, 0.25) is 0 Å². The number of hydrogen-bond acceptors (Lipinski definition) is 5. The molecule has 1 amide bonds. The number of phenols is 1. The number of phenolic OH excluding ortho intramolecular Hbond substituents is 1. The summed E-state index contributed by atoms with van der Waals surface area (Å²) in [6.45, 7) is 4.14. The van der Waals surface area contributed by atoms with E-state index in [4.69, 9.17) is 5.11 Å². The zero-order valence-electron chi connectivity index (χ0n) is 17.9. The SMILES string of the molecule is CCCCc1cc(C)cc(-n2nc3ccc(Sc4ccc(NC(=O)O)cc4)cc3n2)c1O. The second kappa shape index (κ2) is 9.32. The monoisotopic (exact) mass is 448 g/mol. The average molecular weight is 449 g/mol. The Hall–Kier alpha value is -3.52. The van der Waals surface area contributed by atoms with E-state index >= 15 is 0 Å². The highest BCUT2D eigenvalue weighted by Crippen LogP contribution is 2.32. The topological polar surface area (TPSA) is 100 Å². The fraction of sp³-hybridized carbons (Fsp3) is 0.208. The van der Waals surface area contributed by atoms with Crippen molar-refractivity contribution in [2.45, 2.75) is 42.9 Å². The van der Waals surface area contributed by atoms with Gasteiger partial charge in [0.2, 0.25) is 0 Å². The first-order chi connectivity index (χ1) is 15.4. The Morgan fingerprint density at radius 2 is 1.75 bits per heavy atom. The molecule has 8 heteroatoms. The molecule has 0 fully saturated rings. The summed E-state index contributed by atoms with van der Waals surface area (Å²) in [7, 11) is 0. The van der Waals surface area contributed by atoms with Crippen LogP contribution in [0, 0.1) is 6.92 Å². The van der Waals surface area contributed by atoms with Gasteiger partial charge in [0.25, 0.3) is 0 Å². The number of hydrogen-bond donors (Lipinski definition) is 3. The van der Waals surface area contributed by atoms with Crippen LogP contribution in [-0.2, 0) is 6.42 Å². The first-order valence-electron chi connectivity index (χ1n) is 10.4. The van der Waals surface area contributed by atoms with E-state index in [1.54, 1.807) is 23.9 Å². The van der Waals surface area contributed by atoms with Crippen LogP contribution in [0.5, 0.6) is 5.75 Å². The number of carboxylic acid groups (broad SMARTS) is 1. The van der Waals surface area contributed by atoms with Gasteiger partial charge in [0, 0.05) is 15.5 Å². The minimum absolute atomic E-state index is 0.231. The molecule has 3 N–H and O–H groups in total. The number of aryl methyl sites for hydroxylation is 2. The molecule has 0 radical (unpaired) electrons. The zero-order chi connectivity index (χ0) is 22.7. The Morgan fingerprint density at radius 3 is 2.47 bits per heavy atom. The molecule has 3 aromatic carbocycles. The lowest BCUT2D eigenvalue weighted by molar-refractivity contribution is 0.209. The number of fused-ring (bicyclic) bond motifs is 1. The summed E-state index contributed by atoms with van der Waals surface area (Å²) in [5.41, 5.74) is 4.56. The van der Waals surface area contributed by atoms with Crippen LogP contribution in [0.15, 0.2) is 64.4 Å². The third kappa shape index (κ3) is 4.86. The van der Waals surface area contributed by atoms with Gasteiger partial charge in [0.15, 0.2) is 0 Å². The number of unbranched alkanes of at least 4 members (excludes halogenated alkanes) is 1. The fourth-order valence-corrected chi connectivity index (χ4v) is 4.33. The van der Waals surface area contributed by atoms with E-state index in [-0.39, 0.29) is 5.75 Å². The van der Waals surface area contributed by atoms with Gasteiger partial charge >= 0.3 is 6.09 Å². The lowest BCUT2D eigenvalue weighted by Crippen LogP contribution is -2.06. The highest BCUT2D eigenvalue weighted by atomic mass is 32.2. The van der Waals surface area contributed by atoms with Crippen molar-refractivity contribution < 1.29 is 15.0 Å². The number of rotatable bonds is 7. The molecule has 4 rings (SSSR count). The highest BCUT2D eigenvalue weighted by Gasteiger charge is 2.14. The molecule has 0 atom stereocenters. The molecule has 32 heavy (non-hydrogen) atoms. The summed E-state index contributed by atoms with van der Waals surface area (Å²) < 4.78 is 0. The van der Waals surface area contributed by atoms with Crippen LogP contribution >= 0.6 is 11.8 Å². The van der Waals surface area contributed by atoms with Crippen molar-refractivity contribution in [1.29, 1.82) is 0 Å². The van der Waals surface area contributed by atoms with Gasteiger partial charge in [-0.05, 0) is 79.4 Å². The van der Waals surface area contributed by atoms with E-state index < -0.39 is 6.09 Å². The average Bonchev–Trinajstić information content (AvgIpc) is 3.18. The number of nitrogens with one attached hydrogen (secondary N) is 1. The summed E-state index contributed by atoms with van der Waals surface area (Å²) in [6.07, 6.45) is 1.81. The number of aromatic hydroxyl groups is 1. The molecule has 0 saturated carbocycles. The predicted octanol–water partition coefficient (Wildman–Crippen LogP) is 6.02. The molecular formula is C24H24N4O3S. The predicted molar refractivity (Wildman–Crippen MR) is 126 cm³/mol. The molecule has 0 spiro atoms. The van der Waals surface area contributed by atoms with Crippen LogP contribution in [0.4, 0.5) is 10.5 Å². The summed E-state index contributed by atoms with van der Waals surface area (Å²) >= 11 is 1.55. The van der Waals surface area contributed by atoms with Gasteiger partial charge in [0.1, 0.15) is 22.5 Å². The van der Waals surface area contributed by atoms with Gasteiger partial charge in [-0.15, -0.1) is 15.0 Å². The molecule has 0 aliphatic heterocycles. The molecule has 0 unspecified atom stereocenters. The summed E-state index contributed by atoms with van der Waals surface area (Å²) in [5, 5.41) is 31.1. The molecular weight excluding hydrogens is 424 g/mol. The van der Waals surface area contributed by atoms with E-state index in [0.717, 1.165) is 51.2 Å². The Labute approximate surface area is 190 Å². The Balaban J connectivity index is 1.60. The number of nitrogens with zero attached hydrogens (tertiary/aromatic N) is 3. The second-order valence-corrected chi connectivity index (χ2v) is 8.74. The van der Waals surface area contributed by atoms with Crippen molar-refractivity contribution in [3.63, 3.8) is 0 Å². The molecule has 0 bridgehead atoms. The summed E-state index contributed by atoms with van der Waals surface area (Å²) in [5.74, 6) is 0.231. The van der Waals surface area contributed by atoms with Crippen LogP contribution in [0.3, 0.4) is 0 Å². The maximum absolute atomic E-state index is 10.8. The third-order valence-electron chi connectivity index (χ3n) is 5.02. The number of anilines is 1. The van der Waals surface area contributed by atoms with Gasteiger partial charge in [0.05, 0.1) is 0 Å². The van der Waals surface area contributed by atoms with Crippen molar-refractivity contribution in [3.8, 4) is 11.4 Å². The van der Waals surface area contributed by atoms with Crippen molar-refractivity contribution in [3.05, 3.63) is 65.7 Å². The minimum atomic E-state index is -1.09. The van der Waals surface area contributed by atoms with E-state index in [2.05, 4.69) is 22.4 Å². The van der Waals surface area contributed by atoms with Crippen molar-refractivity contribution in [1.82, 2.24) is 15.0 Å². The van der Waals surface area contributed by atoms with Gasteiger partial charge in [-0.2, -0.15) is 0 Å². The van der Waals surface area contributed by atoms with E-state index in [1.165, 1.54) is 4.80 Å². The molecule has 1 aromatic heterocycles. The Bertz CT molecular complexity index is 1270.